The first-order valence-corrected chi connectivity index (χ1v) is 12.2. The van der Waals surface area contributed by atoms with Crippen LogP contribution in [0.3, 0.4) is 0 Å². The van der Waals surface area contributed by atoms with E-state index in [0.717, 1.165) is 29.7 Å². The van der Waals surface area contributed by atoms with Crippen LogP contribution in [0.5, 0.6) is 0 Å². The van der Waals surface area contributed by atoms with E-state index in [-0.39, 0.29) is 22.3 Å². The lowest BCUT2D eigenvalue weighted by Crippen LogP contribution is -2.56. The van der Waals surface area contributed by atoms with Crippen LogP contribution < -0.4 is 5.32 Å². The van der Waals surface area contributed by atoms with Crippen molar-refractivity contribution >= 4 is 15.7 Å². The zero-order valence-electron chi connectivity index (χ0n) is 16.6. The van der Waals surface area contributed by atoms with Crippen LogP contribution in [0.25, 0.3) is 0 Å². The van der Waals surface area contributed by atoms with E-state index in [9.17, 15) is 13.2 Å². The van der Waals surface area contributed by atoms with Crippen molar-refractivity contribution in [2.75, 3.05) is 6.26 Å². The number of rotatable bonds is 5. The van der Waals surface area contributed by atoms with Crippen LogP contribution in [0.1, 0.15) is 67.8 Å². The third-order valence-electron chi connectivity index (χ3n) is 7.42. The fourth-order valence-electron chi connectivity index (χ4n) is 6.60. The van der Waals surface area contributed by atoms with E-state index in [4.69, 9.17) is 0 Å². The lowest BCUT2D eigenvalue weighted by atomic mass is 9.47. The number of hydrogen-bond acceptors (Lipinski definition) is 3. The monoisotopic (exact) mass is 389 g/mol. The maximum atomic E-state index is 13.1. The zero-order valence-corrected chi connectivity index (χ0v) is 17.4. The van der Waals surface area contributed by atoms with E-state index in [1.165, 1.54) is 50.8 Å². The molecular weight excluding hydrogens is 358 g/mol. The van der Waals surface area contributed by atoms with Crippen molar-refractivity contribution in [3.05, 3.63) is 29.3 Å². The molecule has 0 spiro atoms. The van der Waals surface area contributed by atoms with Gasteiger partial charge in [0.2, 0.25) is 0 Å². The molecule has 4 bridgehead atoms. The van der Waals surface area contributed by atoms with Gasteiger partial charge >= 0.3 is 0 Å². The SMILES string of the molecule is CC[C@@H](NC(=O)c1cc(S(C)(=O)=O)ccc1C)C12CC3CC(CC(C3)C1)C2. The quantitative estimate of drug-likeness (QED) is 0.824. The average molecular weight is 390 g/mol. The van der Waals surface area contributed by atoms with Gasteiger partial charge < -0.3 is 5.32 Å². The molecule has 5 heteroatoms. The molecule has 0 aliphatic heterocycles. The number of aryl methyl sites for hydroxylation is 1. The molecule has 0 unspecified atom stereocenters. The molecule has 1 atom stereocenters. The van der Waals surface area contributed by atoms with E-state index >= 15 is 0 Å². The number of hydrogen-bond donors (Lipinski definition) is 1. The maximum Gasteiger partial charge on any atom is 0.251 e. The first-order chi connectivity index (χ1) is 12.7. The Morgan fingerprint density at radius 1 is 1.15 bits per heavy atom. The Kier molecular flexibility index (Phi) is 4.65. The molecule has 4 nitrogen and oxygen atoms in total. The summed E-state index contributed by atoms with van der Waals surface area (Å²) in [7, 11) is -3.33. The highest BCUT2D eigenvalue weighted by Gasteiger charge is 2.54. The van der Waals surface area contributed by atoms with E-state index < -0.39 is 9.84 Å². The molecule has 1 N–H and O–H groups in total. The van der Waals surface area contributed by atoms with Crippen molar-refractivity contribution in [2.24, 2.45) is 23.2 Å². The van der Waals surface area contributed by atoms with Crippen molar-refractivity contribution in [2.45, 2.75) is 69.7 Å². The van der Waals surface area contributed by atoms with Gasteiger partial charge in [-0.25, -0.2) is 8.42 Å². The summed E-state index contributed by atoms with van der Waals surface area (Å²) in [6.45, 7) is 4.04. The Hall–Kier alpha value is -1.36. The van der Waals surface area contributed by atoms with Crippen molar-refractivity contribution in [1.82, 2.24) is 5.32 Å². The highest BCUT2D eigenvalue weighted by molar-refractivity contribution is 7.90. The summed E-state index contributed by atoms with van der Waals surface area (Å²) in [5.41, 5.74) is 1.56. The van der Waals surface area contributed by atoms with Crippen molar-refractivity contribution in [3.63, 3.8) is 0 Å². The predicted octanol–water partition coefficient (Wildman–Crippen LogP) is 4.12. The molecule has 0 saturated heterocycles. The molecule has 4 saturated carbocycles. The summed E-state index contributed by atoms with van der Waals surface area (Å²) in [5, 5.41) is 3.33. The summed E-state index contributed by atoms with van der Waals surface area (Å²) in [5.74, 6) is 2.41. The minimum absolute atomic E-state index is 0.124. The van der Waals surface area contributed by atoms with Crippen LogP contribution in [-0.2, 0) is 9.84 Å². The molecular formula is C22H31NO3S. The largest absolute Gasteiger partial charge is 0.349 e. The van der Waals surface area contributed by atoms with Crippen molar-refractivity contribution < 1.29 is 13.2 Å². The van der Waals surface area contributed by atoms with Gasteiger partial charge in [0.25, 0.3) is 5.91 Å². The van der Waals surface area contributed by atoms with Crippen LogP contribution in [0.4, 0.5) is 0 Å². The predicted molar refractivity (Wildman–Crippen MR) is 106 cm³/mol. The normalized spacial score (nSPS) is 33.1. The molecule has 148 valence electrons. The third-order valence-corrected chi connectivity index (χ3v) is 8.53. The molecule has 4 fully saturated rings. The van der Waals surface area contributed by atoms with Gasteiger partial charge in [0.15, 0.2) is 9.84 Å². The van der Waals surface area contributed by atoms with E-state index in [1.807, 2.05) is 6.92 Å². The summed E-state index contributed by atoms with van der Waals surface area (Å²) in [6, 6.07) is 5.03. The number of nitrogens with one attached hydrogen (secondary N) is 1. The van der Waals surface area contributed by atoms with Gasteiger partial charge in [-0.3, -0.25) is 4.79 Å². The minimum atomic E-state index is -3.33. The lowest BCUT2D eigenvalue weighted by Gasteiger charge is -2.59. The van der Waals surface area contributed by atoms with Crippen LogP contribution in [-0.4, -0.2) is 26.6 Å². The van der Waals surface area contributed by atoms with Gasteiger partial charge in [0, 0.05) is 17.9 Å². The molecule has 27 heavy (non-hydrogen) atoms. The summed E-state index contributed by atoms with van der Waals surface area (Å²) in [6.07, 6.45) is 10.0. The van der Waals surface area contributed by atoms with Gasteiger partial charge in [-0.05, 0) is 92.7 Å². The van der Waals surface area contributed by atoms with Crippen molar-refractivity contribution in [1.29, 1.82) is 0 Å². The zero-order chi connectivity index (χ0) is 19.4. The van der Waals surface area contributed by atoms with Gasteiger partial charge in [0.1, 0.15) is 0 Å². The average Bonchev–Trinajstić information content (AvgIpc) is 2.57. The third kappa shape index (κ3) is 3.43. The Labute approximate surface area is 163 Å². The van der Waals surface area contributed by atoms with Crippen LogP contribution in [0, 0.1) is 30.1 Å². The summed E-state index contributed by atoms with van der Waals surface area (Å²) in [4.78, 5) is 13.3. The highest BCUT2D eigenvalue weighted by Crippen LogP contribution is 2.61. The van der Waals surface area contributed by atoms with E-state index in [1.54, 1.807) is 12.1 Å². The molecule has 4 aliphatic carbocycles. The molecule has 0 aromatic heterocycles. The van der Waals surface area contributed by atoms with Gasteiger partial charge in [-0.2, -0.15) is 0 Å². The van der Waals surface area contributed by atoms with Gasteiger partial charge in [-0.1, -0.05) is 13.0 Å². The molecule has 1 aromatic carbocycles. The Morgan fingerprint density at radius 2 is 1.70 bits per heavy atom. The molecule has 4 aliphatic rings. The Bertz CT molecular complexity index is 823. The second-order valence-corrected chi connectivity index (χ2v) is 11.5. The molecule has 1 amide bonds. The molecule has 1 aromatic rings. The van der Waals surface area contributed by atoms with Crippen molar-refractivity contribution in [3.8, 4) is 0 Å². The summed E-state index contributed by atoms with van der Waals surface area (Å²) < 4.78 is 23.8. The summed E-state index contributed by atoms with van der Waals surface area (Å²) >= 11 is 0. The van der Waals surface area contributed by atoms with E-state index in [2.05, 4.69) is 12.2 Å². The minimum Gasteiger partial charge on any atom is -0.349 e. The smallest absolute Gasteiger partial charge is 0.251 e. The molecule has 5 rings (SSSR count). The number of carbonyl (C=O) groups excluding carboxylic acids is 1. The first-order valence-electron chi connectivity index (χ1n) is 10.3. The number of sulfone groups is 1. The second kappa shape index (κ2) is 6.61. The number of benzene rings is 1. The highest BCUT2D eigenvalue weighted by atomic mass is 32.2. The standard InChI is InChI=1S/C22H31NO3S/c1-4-20(22-11-15-7-16(12-22)9-17(8-15)13-22)23-21(24)19-10-18(27(3,25)26)6-5-14(19)2/h5-6,10,15-17,20H,4,7-9,11-13H2,1-3H3,(H,23,24)/t15?,16?,17?,20-,22?/m1/s1. The fourth-order valence-corrected chi connectivity index (χ4v) is 7.25. The number of amides is 1. The van der Waals surface area contributed by atoms with E-state index in [0.29, 0.717) is 5.56 Å². The maximum absolute atomic E-state index is 13.1. The van der Waals surface area contributed by atoms with Crippen LogP contribution >= 0.6 is 0 Å². The lowest BCUT2D eigenvalue weighted by molar-refractivity contribution is -0.0727. The topological polar surface area (TPSA) is 63.2 Å². The van der Waals surface area contributed by atoms with Gasteiger partial charge in [-0.15, -0.1) is 0 Å². The molecule has 0 radical (unpaired) electrons. The van der Waals surface area contributed by atoms with Crippen LogP contribution in [0.15, 0.2) is 23.1 Å². The first kappa shape index (κ1) is 19.0. The Balaban J connectivity index is 1.59. The second-order valence-electron chi connectivity index (χ2n) is 9.46. The van der Waals surface area contributed by atoms with Crippen LogP contribution in [0.2, 0.25) is 0 Å². The number of carbonyl (C=O) groups is 1. The fraction of sp³-hybridized carbons (Fsp3) is 0.682. The van der Waals surface area contributed by atoms with Gasteiger partial charge in [0.05, 0.1) is 4.90 Å². The molecule has 0 heterocycles. The Morgan fingerprint density at radius 3 is 2.19 bits per heavy atom.